The third-order valence-electron chi connectivity index (χ3n) is 4.73. The van der Waals surface area contributed by atoms with E-state index in [2.05, 4.69) is 16.5 Å². The first-order valence-electron chi connectivity index (χ1n) is 9.45. The van der Waals surface area contributed by atoms with Crippen LogP contribution in [0.1, 0.15) is 18.4 Å². The van der Waals surface area contributed by atoms with Crippen LogP contribution in [0.2, 0.25) is 0 Å². The number of rotatable bonds is 7. The van der Waals surface area contributed by atoms with Gasteiger partial charge in [0.2, 0.25) is 0 Å². The molecular weight excluding hydrogens is 406 g/mol. The molecule has 31 heavy (non-hydrogen) atoms. The Bertz CT molecular complexity index is 1050. The van der Waals surface area contributed by atoms with E-state index in [0.29, 0.717) is 31.0 Å². The van der Waals surface area contributed by atoms with Gasteiger partial charge in [-0.05, 0) is 37.1 Å². The van der Waals surface area contributed by atoms with Crippen molar-refractivity contribution in [2.75, 3.05) is 13.1 Å². The molecule has 2 heterocycles. The van der Waals surface area contributed by atoms with Crippen molar-refractivity contribution in [2.24, 2.45) is 5.73 Å². The third kappa shape index (κ3) is 5.33. The van der Waals surface area contributed by atoms with Gasteiger partial charge in [0.05, 0.1) is 17.5 Å². The van der Waals surface area contributed by atoms with Crippen LogP contribution in [0.5, 0.6) is 11.6 Å². The van der Waals surface area contributed by atoms with Gasteiger partial charge in [0.25, 0.3) is 5.88 Å². The first kappa shape index (κ1) is 21.7. The van der Waals surface area contributed by atoms with Gasteiger partial charge >= 0.3 is 0 Å². The summed E-state index contributed by atoms with van der Waals surface area (Å²) in [7, 11) is 0. The largest absolute Gasteiger partial charge is 0.436 e. The number of hydrogen-bond donors (Lipinski definition) is 3. The van der Waals surface area contributed by atoms with Gasteiger partial charge < -0.3 is 20.7 Å². The van der Waals surface area contributed by atoms with Gasteiger partial charge in [0.1, 0.15) is 17.4 Å². The van der Waals surface area contributed by atoms with Gasteiger partial charge in [-0.1, -0.05) is 0 Å². The highest BCUT2D eigenvalue weighted by Crippen LogP contribution is 2.23. The van der Waals surface area contributed by atoms with Gasteiger partial charge in [-0.2, -0.15) is 5.26 Å². The maximum absolute atomic E-state index is 13.7. The molecule has 8 nitrogen and oxygen atoms in total. The highest BCUT2D eigenvalue weighted by atomic mass is 19.1. The van der Waals surface area contributed by atoms with E-state index in [0.717, 1.165) is 19.0 Å². The molecule has 1 aliphatic rings. The number of carbonyl (C=O) groups excluding carboxylic acids is 1. The van der Waals surface area contributed by atoms with E-state index in [9.17, 15) is 13.6 Å². The number of pyridine rings is 1. The number of allylic oxidation sites excluding steroid dienone is 1. The predicted molar refractivity (Wildman–Crippen MR) is 108 cm³/mol. The summed E-state index contributed by atoms with van der Waals surface area (Å²) in [5.74, 6) is -1.87. The molecule has 4 N–H and O–H groups in total. The van der Waals surface area contributed by atoms with Gasteiger partial charge in [-0.25, -0.2) is 13.8 Å². The summed E-state index contributed by atoms with van der Waals surface area (Å²) >= 11 is 0. The van der Waals surface area contributed by atoms with Crippen LogP contribution < -0.4 is 15.8 Å². The van der Waals surface area contributed by atoms with E-state index in [1.165, 1.54) is 24.3 Å². The number of hydrogen-bond acceptors (Lipinski definition) is 8. The SMILES string of the molecule is N#CN1CCCC(N/C(N)=C(/C=O)C(=N)c2ccc(Oc3ncc(F)cc3F)cc2)C1. The normalized spacial score (nSPS) is 16.7. The Labute approximate surface area is 177 Å². The number of ether oxygens (including phenoxy) is 1. The van der Waals surface area contributed by atoms with Crippen molar-refractivity contribution in [2.45, 2.75) is 18.9 Å². The summed E-state index contributed by atoms with van der Waals surface area (Å²) in [6, 6.07) is 6.50. The number of nitriles is 1. The lowest BCUT2D eigenvalue weighted by molar-refractivity contribution is -0.104. The average molecular weight is 426 g/mol. The van der Waals surface area contributed by atoms with Crippen molar-refractivity contribution in [3.63, 3.8) is 0 Å². The number of piperidine rings is 1. The number of likely N-dealkylation sites (tertiary alicyclic amines) is 1. The van der Waals surface area contributed by atoms with Crippen molar-refractivity contribution in [1.29, 1.82) is 10.7 Å². The number of aromatic nitrogens is 1. The van der Waals surface area contributed by atoms with Crippen molar-refractivity contribution in [3.05, 3.63) is 65.1 Å². The van der Waals surface area contributed by atoms with E-state index >= 15 is 0 Å². The second kappa shape index (κ2) is 9.67. The third-order valence-corrected chi connectivity index (χ3v) is 4.73. The van der Waals surface area contributed by atoms with Gasteiger partial charge in [-0.15, -0.1) is 0 Å². The summed E-state index contributed by atoms with van der Waals surface area (Å²) in [6.07, 6.45) is 5.03. The fourth-order valence-corrected chi connectivity index (χ4v) is 3.17. The minimum Gasteiger partial charge on any atom is -0.436 e. The smallest absolute Gasteiger partial charge is 0.256 e. The maximum Gasteiger partial charge on any atom is 0.256 e. The summed E-state index contributed by atoms with van der Waals surface area (Å²) in [5.41, 5.74) is 6.29. The molecule has 1 saturated heterocycles. The molecule has 0 saturated carbocycles. The highest BCUT2D eigenvalue weighted by Gasteiger charge is 2.21. The summed E-state index contributed by atoms with van der Waals surface area (Å²) < 4.78 is 31.9. The summed E-state index contributed by atoms with van der Waals surface area (Å²) in [5, 5.41) is 20.4. The van der Waals surface area contributed by atoms with Crippen molar-refractivity contribution in [1.82, 2.24) is 15.2 Å². The second-order valence-corrected chi connectivity index (χ2v) is 6.92. The minimum absolute atomic E-state index is 0.0194. The summed E-state index contributed by atoms with van der Waals surface area (Å²) in [6.45, 7) is 1.15. The number of aldehydes is 1. The molecule has 1 atom stereocenters. The van der Waals surface area contributed by atoms with Crippen molar-refractivity contribution >= 4 is 12.0 Å². The van der Waals surface area contributed by atoms with Crippen LogP contribution in [0.3, 0.4) is 0 Å². The molecule has 1 aromatic carbocycles. The molecule has 0 spiro atoms. The zero-order valence-corrected chi connectivity index (χ0v) is 16.4. The number of nitrogens with one attached hydrogen (secondary N) is 2. The molecule has 0 bridgehead atoms. The quantitative estimate of drug-likeness (QED) is 0.268. The number of halogens is 2. The maximum atomic E-state index is 13.7. The Morgan fingerprint density at radius 3 is 2.77 bits per heavy atom. The van der Waals surface area contributed by atoms with Crippen LogP contribution in [-0.2, 0) is 4.79 Å². The molecule has 0 aliphatic carbocycles. The molecule has 0 amide bonds. The van der Waals surface area contributed by atoms with Gasteiger partial charge in [0.15, 0.2) is 18.3 Å². The van der Waals surface area contributed by atoms with E-state index in [4.69, 9.17) is 21.1 Å². The molecule has 160 valence electrons. The monoisotopic (exact) mass is 426 g/mol. The molecule has 1 aliphatic heterocycles. The first-order valence-corrected chi connectivity index (χ1v) is 9.45. The molecule has 1 fully saturated rings. The Hall–Kier alpha value is -4.00. The van der Waals surface area contributed by atoms with Crippen LogP contribution in [-0.4, -0.2) is 41.0 Å². The van der Waals surface area contributed by atoms with Crippen LogP contribution in [0.4, 0.5) is 8.78 Å². The summed E-state index contributed by atoms with van der Waals surface area (Å²) in [4.78, 5) is 16.8. The lowest BCUT2D eigenvalue weighted by Crippen LogP contribution is -2.45. The van der Waals surface area contributed by atoms with E-state index in [1.54, 1.807) is 4.90 Å². The van der Waals surface area contributed by atoms with Crippen LogP contribution in [0.25, 0.3) is 0 Å². The number of benzene rings is 1. The van der Waals surface area contributed by atoms with Crippen LogP contribution in [0.15, 0.2) is 47.9 Å². The molecule has 2 aromatic rings. The molecule has 0 radical (unpaired) electrons. The van der Waals surface area contributed by atoms with Crippen LogP contribution >= 0.6 is 0 Å². The van der Waals surface area contributed by atoms with Gasteiger partial charge in [0, 0.05) is 30.8 Å². The average Bonchev–Trinajstić information content (AvgIpc) is 2.76. The fraction of sp³-hybridized carbons (Fsp3) is 0.238. The molecule has 1 unspecified atom stereocenters. The Morgan fingerprint density at radius 2 is 2.13 bits per heavy atom. The van der Waals surface area contributed by atoms with E-state index in [1.807, 2.05) is 0 Å². The minimum atomic E-state index is -0.945. The zero-order chi connectivity index (χ0) is 22.4. The lowest BCUT2D eigenvalue weighted by Gasteiger charge is -2.30. The molecule has 10 heteroatoms. The zero-order valence-electron chi connectivity index (χ0n) is 16.4. The van der Waals surface area contributed by atoms with Crippen molar-refractivity contribution < 1.29 is 18.3 Å². The molecular formula is C21H20F2N6O2. The van der Waals surface area contributed by atoms with E-state index < -0.39 is 11.6 Å². The standard InChI is InChI=1S/C21H20F2N6O2/c22-14-8-18(23)21(27-9-14)31-16-5-3-13(4-6-16)19(25)17(11-30)20(26)28-15-2-1-7-29(10-15)12-24/h3-6,8-9,11,15,25,28H,1-2,7,10,26H2/b20-17-,25-19?. The Kier molecular flexibility index (Phi) is 6.77. The topological polar surface area (TPSA) is 128 Å². The first-order chi connectivity index (χ1) is 14.9. The van der Waals surface area contributed by atoms with Crippen LogP contribution in [0, 0.1) is 28.5 Å². The highest BCUT2D eigenvalue weighted by molar-refractivity contribution is 6.21. The molecule has 3 rings (SSSR count). The Balaban J connectivity index is 1.72. The fourth-order valence-electron chi connectivity index (χ4n) is 3.17. The number of nitrogens with two attached hydrogens (primary N) is 1. The molecule has 1 aromatic heterocycles. The lowest BCUT2D eigenvalue weighted by atomic mass is 10.0. The Morgan fingerprint density at radius 1 is 1.39 bits per heavy atom. The van der Waals surface area contributed by atoms with Gasteiger partial charge in [-0.3, -0.25) is 10.2 Å². The van der Waals surface area contributed by atoms with E-state index in [-0.39, 0.29) is 34.8 Å². The van der Waals surface area contributed by atoms with Crippen molar-refractivity contribution in [3.8, 4) is 17.8 Å². The second-order valence-electron chi connectivity index (χ2n) is 6.92. The number of nitrogens with zero attached hydrogens (tertiary/aromatic N) is 3. The number of carbonyl (C=O) groups is 1. The predicted octanol–water partition coefficient (Wildman–Crippen LogP) is 2.42.